The molecule has 0 amide bonds. The Bertz CT molecular complexity index is 1120. The molecule has 14 heteroatoms. The van der Waals surface area contributed by atoms with Crippen LogP contribution in [0.1, 0.15) is 73.1 Å². The summed E-state index contributed by atoms with van der Waals surface area (Å²) in [5, 5.41) is 39.3. The molecule has 2 aromatic carbocycles. The summed E-state index contributed by atoms with van der Waals surface area (Å²) in [4.78, 5) is 63.9. The molecular weight excluding hydrogens is 532 g/mol. The molecule has 0 spiro atoms. The summed E-state index contributed by atoms with van der Waals surface area (Å²) in [6, 6.07) is 6.93. The third-order valence-corrected chi connectivity index (χ3v) is 5.39. The number of rotatable bonds is 16. The van der Waals surface area contributed by atoms with Crippen molar-refractivity contribution >= 4 is 35.9 Å². The molecule has 0 aliphatic rings. The van der Waals surface area contributed by atoms with Gasteiger partial charge in [-0.05, 0) is 37.8 Å². The van der Waals surface area contributed by atoms with E-state index >= 15 is 0 Å². The number of nitrogens with zero attached hydrogens (tertiary/aromatic N) is 2. The minimum absolute atomic E-state index is 0.0362. The van der Waals surface area contributed by atoms with Crippen molar-refractivity contribution in [2.45, 2.75) is 64.6 Å². The Morgan fingerprint density at radius 2 is 1.12 bits per heavy atom. The van der Waals surface area contributed by atoms with Gasteiger partial charge in [0.15, 0.2) is 24.8 Å². The Morgan fingerprint density at radius 1 is 0.775 bits per heavy atom. The van der Waals surface area contributed by atoms with Crippen LogP contribution in [0.4, 0.5) is 11.4 Å². The van der Waals surface area contributed by atoms with E-state index < -0.39 is 34.0 Å². The monoisotopic (exact) mass is 562 g/mol. The van der Waals surface area contributed by atoms with Crippen LogP contribution in [0, 0.1) is 20.2 Å². The van der Waals surface area contributed by atoms with E-state index in [4.69, 9.17) is 19.7 Å². The van der Waals surface area contributed by atoms with Crippen LogP contribution in [0.3, 0.4) is 0 Å². The minimum atomic E-state index is -1.13. The Kier molecular flexibility index (Phi) is 14.0. The first-order chi connectivity index (χ1) is 19.0. The maximum atomic E-state index is 11.1. The van der Waals surface area contributed by atoms with Crippen LogP contribution in [0.25, 0.3) is 0 Å². The first-order valence-corrected chi connectivity index (χ1v) is 12.2. The molecule has 0 saturated heterocycles. The number of carboxylic acids is 2. The topological polar surface area (TPSA) is 213 Å². The number of aldehydes is 2. The summed E-state index contributed by atoms with van der Waals surface area (Å²) < 4.78 is 10.6. The van der Waals surface area contributed by atoms with Crippen LogP contribution in [0.5, 0.6) is 11.5 Å². The smallest absolute Gasteiger partial charge is 0.344 e. The number of unbranched alkanes of at least 4 members (excludes halogenated alkanes) is 2. The van der Waals surface area contributed by atoms with Crippen molar-refractivity contribution in [3.63, 3.8) is 0 Å². The quantitative estimate of drug-likeness (QED) is 0.159. The molecule has 0 radical (unpaired) electrons. The molecule has 2 aromatic rings. The van der Waals surface area contributed by atoms with Gasteiger partial charge in [0.05, 0.1) is 21.0 Å². The highest BCUT2D eigenvalue weighted by molar-refractivity contribution is 5.82. The molecular formula is C26H30N2O12. The number of benzene rings is 2. The van der Waals surface area contributed by atoms with Crippen molar-refractivity contribution in [1.29, 1.82) is 0 Å². The first kappa shape index (κ1) is 33.1. The number of carbonyl (C=O) groups excluding carboxylic acids is 2. The van der Waals surface area contributed by atoms with E-state index in [0.29, 0.717) is 38.3 Å². The summed E-state index contributed by atoms with van der Waals surface area (Å²) >= 11 is 0. The normalized spacial score (nSPS) is 11.7. The SMILES string of the molecule is CCCCC(Oc1ccc([N+](=O)[O-])cc1C=O)C(=O)O.CCCCC(Oc1ccc([N+](=O)[O-])cc1C=O)C(=O)O. The molecule has 0 saturated carbocycles. The van der Waals surface area contributed by atoms with Gasteiger partial charge >= 0.3 is 11.9 Å². The molecule has 40 heavy (non-hydrogen) atoms. The number of carbonyl (C=O) groups is 4. The van der Waals surface area contributed by atoms with E-state index in [0.717, 1.165) is 25.0 Å². The molecule has 0 aliphatic heterocycles. The van der Waals surface area contributed by atoms with Gasteiger partial charge in [-0.2, -0.15) is 0 Å². The van der Waals surface area contributed by atoms with Gasteiger partial charge in [0, 0.05) is 24.3 Å². The first-order valence-electron chi connectivity index (χ1n) is 12.2. The highest BCUT2D eigenvalue weighted by Gasteiger charge is 2.22. The Hall–Kier alpha value is -4.88. The van der Waals surface area contributed by atoms with Crippen LogP contribution in [-0.4, -0.2) is 56.8 Å². The lowest BCUT2D eigenvalue weighted by Gasteiger charge is -2.15. The van der Waals surface area contributed by atoms with E-state index in [2.05, 4.69) is 0 Å². The number of carboxylic acid groups (broad SMARTS) is 2. The van der Waals surface area contributed by atoms with E-state index in [1.54, 1.807) is 0 Å². The fourth-order valence-corrected chi connectivity index (χ4v) is 3.25. The second-order valence-corrected chi connectivity index (χ2v) is 8.37. The van der Waals surface area contributed by atoms with E-state index in [-0.39, 0.29) is 34.0 Å². The van der Waals surface area contributed by atoms with Crippen molar-refractivity contribution in [3.8, 4) is 11.5 Å². The Labute approximate surface area is 228 Å². The van der Waals surface area contributed by atoms with Gasteiger partial charge < -0.3 is 19.7 Å². The average Bonchev–Trinajstić information content (AvgIpc) is 2.93. The number of hydrogen-bond donors (Lipinski definition) is 2. The summed E-state index contributed by atoms with van der Waals surface area (Å²) in [7, 11) is 0. The highest BCUT2D eigenvalue weighted by atomic mass is 16.6. The van der Waals surface area contributed by atoms with Gasteiger partial charge in [0.25, 0.3) is 11.4 Å². The fourth-order valence-electron chi connectivity index (χ4n) is 3.25. The Balaban J connectivity index is 0.000000400. The summed E-state index contributed by atoms with van der Waals surface area (Å²) in [5.41, 5.74) is -0.580. The van der Waals surface area contributed by atoms with Gasteiger partial charge in [-0.15, -0.1) is 0 Å². The second-order valence-electron chi connectivity index (χ2n) is 8.37. The van der Waals surface area contributed by atoms with Crippen molar-refractivity contribution in [2.75, 3.05) is 0 Å². The zero-order valence-corrected chi connectivity index (χ0v) is 21.9. The molecule has 2 rings (SSSR count). The zero-order valence-electron chi connectivity index (χ0n) is 21.9. The lowest BCUT2D eigenvalue weighted by atomic mass is 10.1. The van der Waals surface area contributed by atoms with Gasteiger partial charge in [0.1, 0.15) is 11.5 Å². The molecule has 0 aromatic heterocycles. The maximum Gasteiger partial charge on any atom is 0.344 e. The van der Waals surface area contributed by atoms with E-state index in [1.807, 2.05) is 13.8 Å². The van der Waals surface area contributed by atoms with Crippen LogP contribution >= 0.6 is 0 Å². The van der Waals surface area contributed by atoms with Crippen LogP contribution < -0.4 is 9.47 Å². The van der Waals surface area contributed by atoms with Crippen LogP contribution in [0.2, 0.25) is 0 Å². The van der Waals surface area contributed by atoms with Crippen molar-refractivity contribution in [2.24, 2.45) is 0 Å². The van der Waals surface area contributed by atoms with Crippen molar-refractivity contribution in [3.05, 3.63) is 67.8 Å². The number of ether oxygens (including phenoxy) is 2. The van der Waals surface area contributed by atoms with Gasteiger partial charge in [-0.3, -0.25) is 29.8 Å². The van der Waals surface area contributed by atoms with Gasteiger partial charge in [0.2, 0.25) is 0 Å². The number of non-ortho nitro benzene ring substituents is 2. The summed E-state index contributed by atoms with van der Waals surface area (Å²) in [6.07, 6.45) is 2.23. The molecule has 0 heterocycles. The van der Waals surface area contributed by atoms with Crippen molar-refractivity contribution in [1.82, 2.24) is 0 Å². The standard InChI is InChI=1S/2C13H15NO6/c2*1-2-3-4-12(13(16)17)20-11-6-5-10(14(18)19)7-9(11)8-15/h2*5-8,12H,2-4H2,1H3,(H,16,17). The fraction of sp³-hybridized carbons (Fsp3) is 0.385. The zero-order chi connectivity index (χ0) is 30.2. The van der Waals surface area contributed by atoms with Gasteiger partial charge in [-0.25, -0.2) is 9.59 Å². The molecule has 2 unspecified atom stereocenters. The average molecular weight is 563 g/mol. The van der Waals surface area contributed by atoms with Crippen LogP contribution in [-0.2, 0) is 9.59 Å². The summed E-state index contributed by atoms with van der Waals surface area (Å²) in [6.45, 7) is 3.84. The highest BCUT2D eigenvalue weighted by Crippen LogP contribution is 2.26. The molecule has 2 N–H and O–H groups in total. The number of hydrogen-bond acceptors (Lipinski definition) is 10. The Morgan fingerprint density at radius 3 is 1.38 bits per heavy atom. The van der Waals surface area contributed by atoms with Gasteiger partial charge in [-0.1, -0.05) is 26.7 Å². The molecule has 0 fully saturated rings. The number of nitro benzene ring substituents is 2. The third kappa shape index (κ3) is 10.5. The number of aliphatic carboxylic acids is 2. The van der Waals surface area contributed by atoms with E-state index in [9.17, 15) is 39.4 Å². The predicted octanol–water partition coefficient (Wildman–Crippen LogP) is 4.86. The predicted molar refractivity (Wildman–Crippen MR) is 140 cm³/mol. The molecule has 0 bridgehead atoms. The van der Waals surface area contributed by atoms with Crippen LogP contribution in [0.15, 0.2) is 36.4 Å². The van der Waals surface area contributed by atoms with Crippen molar-refractivity contribution < 1.29 is 48.7 Å². The lowest BCUT2D eigenvalue weighted by molar-refractivity contribution is -0.385. The molecule has 216 valence electrons. The second kappa shape index (κ2) is 16.9. The lowest BCUT2D eigenvalue weighted by Crippen LogP contribution is -2.27. The van der Waals surface area contributed by atoms with E-state index in [1.165, 1.54) is 24.3 Å². The summed E-state index contributed by atoms with van der Waals surface area (Å²) in [5.74, 6) is -2.19. The molecule has 2 atom stereocenters. The largest absolute Gasteiger partial charge is 0.479 e. The molecule has 0 aliphatic carbocycles. The number of nitro groups is 2. The third-order valence-electron chi connectivity index (χ3n) is 5.39. The molecule has 14 nitrogen and oxygen atoms in total. The maximum absolute atomic E-state index is 11.1. The minimum Gasteiger partial charge on any atom is -0.479 e.